The molecule has 3 fully saturated rings. The Morgan fingerprint density at radius 1 is 0.281 bits per heavy atom. The average Bonchev–Trinajstić information content (AvgIpc) is 3.33. The van der Waals surface area contributed by atoms with Crippen molar-refractivity contribution in [3.8, 4) is 0 Å². The molecule has 3 aliphatic carbocycles. The largest absolute Gasteiger partial charge is 3.00 e. The molecule has 0 N–H and O–H groups in total. The zero-order chi connectivity index (χ0) is 48.4. The molecular formula is C57H123CrSi6. The van der Waals surface area contributed by atoms with Crippen LogP contribution in [-0.4, -0.2) is 48.4 Å². The molecule has 381 valence electrons. The van der Waals surface area contributed by atoms with Crippen LogP contribution in [0.15, 0.2) is 0 Å². The van der Waals surface area contributed by atoms with Gasteiger partial charge < -0.3 is 20.8 Å². The van der Waals surface area contributed by atoms with E-state index in [1.807, 2.05) is 0 Å². The monoisotopic (exact) mass is 1030 g/mol. The summed E-state index contributed by atoms with van der Waals surface area (Å²) in [5.41, 5.74) is 3.06. The van der Waals surface area contributed by atoms with Crippen LogP contribution >= 0.6 is 0 Å². The average molecular weight is 1030 g/mol. The maximum Gasteiger partial charge on any atom is 3.00 e. The molecule has 0 nitrogen and oxygen atoms in total. The SMILES string of the molecule is [CH2-]C1([Si](CC)(CC)CC)CCCCC1[Si](CC)(CC)CC.[CH2-]C1([Si](CC)(CC)CC)CCCCC1[Si](CC)(CC)CC.[CH2-]C1([Si](CC)(CC)CC)CCCCC1[Si](CC)(CC)CC.[Cr+3]. The van der Waals surface area contributed by atoms with Crippen molar-refractivity contribution in [3.05, 3.63) is 20.8 Å². The maximum absolute atomic E-state index is 5.10. The Morgan fingerprint density at radius 3 is 0.562 bits per heavy atom. The van der Waals surface area contributed by atoms with Gasteiger partial charge in [-0.3, -0.25) is 0 Å². The van der Waals surface area contributed by atoms with Crippen LogP contribution in [0, 0.1) is 20.8 Å². The van der Waals surface area contributed by atoms with Gasteiger partial charge in [-0.1, -0.05) is 327 Å². The normalized spacial score (nSPS) is 27.4. The van der Waals surface area contributed by atoms with Crippen molar-refractivity contribution in [2.24, 2.45) is 0 Å². The molecule has 3 saturated carbocycles. The molecule has 0 aliphatic heterocycles. The molecule has 0 spiro atoms. The number of rotatable bonds is 24. The zero-order valence-electron chi connectivity index (χ0n) is 48.0. The molecule has 0 aromatic rings. The van der Waals surface area contributed by atoms with Gasteiger partial charge in [0.15, 0.2) is 0 Å². The van der Waals surface area contributed by atoms with E-state index in [-0.39, 0.29) is 17.4 Å². The number of hydrogen-bond donors (Lipinski definition) is 0. The number of hydrogen-bond acceptors (Lipinski definition) is 0. The molecule has 0 aromatic heterocycles. The molecule has 6 unspecified atom stereocenters. The Balaban J connectivity index is 0.000000923. The minimum atomic E-state index is -1.24. The molecule has 0 heterocycles. The Hall–Kier alpha value is 1.83. The van der Waals surface area contributed by atoms with Crippen LogP contribution in [0.4, 0.5) is 0 Å². The molecule has 64 heavy (non-hydrogen) atoms. The third kappa shape index (κ3) is 12.4. The van der Waals surface area contributed by atoms with Gasteiger partial charge in [-0.25, -0.2) is 0 Å². The molecule has 6 atom stereocenters. The first-order valence-corrected chi connectivity index (χ1v) is 45.4. The van der Waals surface area contributed by atoms with Crippen LogP contribution in [0.2, 0.25) is 141 Å². The molecule has 3 rings (SSSR count). The fourth-order valence-electron chi connectivity index (χ4n) is 18.2. The van der Waals surface area contributed by atoms with E-state index >= 15 is 0 Å². The fraction of sp³-hybridized carbons (Fsp3) is 0.947. The molecule has 0 aromatic carbocycles. The Morgan fingerprint density at radius 2 is 0.438 bits per heavy atom. The Kier molecular flexibility index (Phi) is 30.2. The van der Waals surface area contributed by atoms with Gasteiger partial charge in [0.1, 0.15) is 0 Å². The summed E-state index contributed by atoms with van der Waals surface area (Å²) < 4.78 is 0. The van der Waals surface area contributed by atoms with Gasteiger partial charge in [-0.2, -0.15) is 15.1 Å². The van der Waals surface area contributed by atoms with E-state index in [0.29, 0.717) is 15.1 Å². The molecule has 1 radical (unpaired) electrons. The van der Waals surface area contributed by atoms with Crippen molar-refractivity contribution < 1.29 is 17.4 Å². The van der Waals surface area contributed by atoms with Gasteiger partial charge in [0, 0.05) is 24.2 Å². The molecular weight excluding hydrogens is 905 g/mol. The van der Waals surface area contributed by atoms with Crippen LogP contribution in [0.1, 0.15) is 202 Å². The van der Waals surface area contributed by atoms with Crippen LogP contribution < -0.4 is 0 Å². The van der Waals surface area contributed by atoms with Gasteiger partial charge in [0.2, 0.25) is 0 Å². The van der Waals surface area contributed by atoms with Crippen molar-refractivity contribution in [2.75, 3.05) is 0 Å². The van der Waals surface area contributed by atoms with Crippen LogP contribution in [0.3, 0.4) is 0 Å². The van der Waals surface area contributed by atoms with Gasteiger partial charge in [0.05, 0.1) is 24.2 Å². The van der Waals surface area contributed by atoms with E-state index in [9.17, 15) is 0 Å². The molecule has 3 aliphatic rings. The summed E-state index contributed by atoms with van der Waals surface area (Å²) in [6.45, 7) is 60.2. The maximum atomic E-state index is 5.10. The summed E-state index contributed by atoms with van der Waals surface area (Å²) >= 11 is 0. The molecule has 0 saturated heterocycles. The molecule has 7 heteroatoms. The van der Waals surface area contributed by atoms with Crippen molar-refractivity contribution in [1.29, 1.82) is 0 Å². The van der Waals surface area contributed by atoms with E-state index in [2.05, 4.69) is 125 Å². The first-order valence-electron chi connectivity index (χ1n) is 29.4. The predicted octanol–water partition coefficient (Wildman–Crippen LogP) is 22.6. The molecule has 0 bridgehead atoms. The van der Waals surface area contributed by atoms with Crippen molar-refractivity contribution in [3.63, 3.8) is 0 Å². The quantitative estimate of drug-likeness (QED) is 0.0668. The minimum absolute atomic E-state index is 0. The molecule has 0 amide bonds. The van der Waals surface area contributed by atoms with Crippen molar-refractivity contribution in [1.82, 2.24) is 0 Å². The summed E-state index contributed by atoms with van der Waals surface area (Å²) in [6.07, 6.45) is 17.7. The van der Waals surface area contributed by atoms with Gasteiger partial charge in [-0.15, -0.1) is 0 Å². The third-order valence-electron chi connectivity index (χ3n) is 23.9. The summed E-state index contributed by atoms with van der Waals surface area (Å²) in [7, 11) is -7.13. The van der Waals surface area contributed by atoms with Crippen LogP contribution in [-0.2, 0) is 17.4 Å². The first kappa shape index (κ1) is 65.8. The Labute approximate surface area is 425 Å². The van der Waals surface area contributed by atoms with E-state index in [4.69, 9.17) is 20.8 Å². The predicted molar refractivity (Wildman–Crippen MR) is 314 cm³/mol. The van der Waals surface area contributed by atoms with E-state index in [1.54, 1.807) is 0 Å². The standard InChI is InChI=1S/3C19H41Si2.Cr/c3*1-8-20(9-2,10-3)18-16-14-15-17-19(18,7)21(11-4,12-5)13-6;/h3*18H,7-17H2,1-6H3;/q3*-1;+3. The second kappa shape index (κ2) is 29.4. The first-order chi connectivity index (χ1) is 29.9. The van der Waals surface area contributed by atoms with E-state index < -0.39 is 48.4 Å². The van der Waals surface area contributed by atoms with Crippen LogP contribution in [0.5, 0.6) is 0 Å². The van der Waals surface area contributed by atoms with Gasteiger partial charge in [-0.05, 0) is 0 Å². The van der Waals surface area contributed by atoms with Gasteiger partial charge >= 0.3 is 17.4 Å². The smallest absolute Gasteiger partial charge is 0.340 e. The van der Waals surface area contributed by atoms with Crippen molar-refractivity contribution in [2.45, 2.75) is 342 Å². The van der Waals surface area contributed by atoms with E-state index in [0.717, 1.165) is 16.6 Å². The van der Waals surface area contributed by atoms with Gasteiger partial charge in [0.25, 0.3) is 0 Å². The second-order valence-corrected chi connectivity index (χ2v) is 56.8. The third-order valence-corrected chi connectivity index (χ3v) is 64.7. The topological polar surface area (TPSA) is 0 Å². The second-order valence-electron chi connectivity index (χ2n) is 23.2. The van der Waals surface area contributed by atoms with Crippen LogP contribution in [0.25, 0.3) is 0 Å². The van der Waals surface area contributed by atoms with Crippen molar-refractivity contribution >= 4 is 48.4 Å². The summed E-state index contributed by atoms with van der Waals surface area (Å²) in [6, 6.07) is 26.5. The Bertz CT molecular complexity index is 1020. The fourth-order valence-corrected chi connectivity index (χ4v) is 54.6. The summed E-state index contributed by atoms with van der Waals surface area (Å²) in [5, 5.41) is 1.49. The van der Waals surface area contributed by atoms with E-state index in [1.165, 1.54) is 186 Å². The summed E-state index contributed by atoms with van der Waals surface area (Å²) in [5.74, 6) is 0. The minimum Gasteiger partial charge on any atom is -0.340 e. The zero-order valence-corrected chi connectivity index (χ0v) is 55.2. The summed E-state index contributed by atoms with van der Waals surface area (Å²) in [4.78, 5) is 0.